The first-order chi connectivity index (χ1) is 25.5. The molecule has 0 aliphatic heterocycles. The van der Waals surface area contributed by atoms with Crippen molar-refractivity contribution >= 4 is 81.3 Å². The second-order valence-corrected chi connectivity index (χ2v) is 15.5. The van der Waals surface area contributed by atoms with Crippen molar-refractivity contribution in [3.63, 3.8) is 0 Å². The van der Waals surface area contributed by atoms with E-state index in [1.165, 1.54) is 58.9 Å². The van der Waals surface area contributed by atoms with Crippen molar-refractivity contribution in [1.82, 2.24) is 0 Å². The van der Waals surface area contributed by atoms with Crippen molar-refractivity contribution in [3.8, 4) is 22.3 Å². The molecule has 2 aromatic heterocycles. The van der Waals surface area contributed by atoms with Crippen LogP contribution in [0.3, 0.4) is 0 Å². The Morgan fingerprint density at radius 3 is 2.06 bits per heavy atom. The smallest absolute Gasteiger partial charge is 0.136 e. The van der Waals surface area contributed by atoms with Gasteiger partial charge in [0.05, 0.1) is 16.1 Å². The minimum absolute atomic E-state index is 0.124. The van der Waals surface area contributed by atoms with E-state index in [1.807, 2.05) is 11.3 Å². The molecule has 0 atom stereocenters. The lowest BCUT2D eigenvalue weighted by atomic mass is 9.82. The molecule has 2 nitrogen and oxygen atoms in total. The summed E-state index contributed by atoms with van der Waals surface area (Å²) < 4.78 is 9.15. The van der Waals surface area contributed by atoms with E-state index in [-0.39, 0.29) is 5.41 Å². The fourth-order valence-electron chi connectivity index (χ4n) is 8.78. The summed E-state index contributed by atoms with van der Waals surface area (Å²) in [6.45, 7) is 4.72. The molecule has 11 rings (SSSR count). The summed E-state index contributed by atoms with van der Waals surface area (Å²) in [5, 5.41) is 7.24. The quantitative estimate of drug-likeness (QED) is 0.184. The van der Waals surface area contributed by atoms with Gasteiger partial charge in [-0.3, -0.25) is 0 Å². The molecule has 246 valence electrons. The molecular formula is C49H33NOS. The molecular weight excluding hydrogens is 651 g/mol. The lowest BCUT2D eigenvalue weighted by molar-refractivity contribution is 0.660. The summed E-state index contributed by atoms with van der Waals surface area (Å²) in [5.74, 6) is 0. The molecule has 52 heavy (non-hydrogen) atoms. The van der Waals surface area contributed by atoms with Crippen LogP contribution in [0.2, 0.25) is 0 Å². The van der Waals surface area contributed by atoms with Crippen molar-refractivity contribution < 1.29 is 4.42 Å². The van der Waals surface area contributed by atoms with Crippen LogP contribution >= 0.6 is 11.3 Å². The fraction of sp³-hybridized carbons (Fsp3) is 0.0612. The number of fused-ring (bicyclic) bond motifs is 10. The zero-order valence-electron chi connectivity index (χ0n) is 28.9. The Morgan fingerprint density at radius 1 is 0.481 bits per heavy atom. The van der Waals surface area contributed by atoms with Gasteiger partial charge in [-0.1, -0.05) is 129 Å². The molecule has 3 heteroatoms. The monoisotopic (exact) mass is 683 g/mol. The summed E-state index contributed by atoms with van der Waals surface area (Å²) >= 11 is 1.87. The largest absolute Gasteiger partial charge is 0.456 e. The predicted octanol–water partition coefficient (Wildman–Crippen LogP) is 14.6. The summed E-state index contributed by atoms with van der Waals surface area (Å²) in [6, 6.07) is 59.9. The van der Waals surface area contributed by atoms with Crippen molar-refractivity contribution in [2.75, 3.05) is 4.90 Å². The molecule has 0 amide bonds. The molecule has 2 heterocycles. The van der Waals surface area contributed by atoms with Crippen molar-refractivity contribution in [2.45, 2.75) is 19.3 Å². The average molecular weight is 684 g/mol. The van der Waals surface area contributed by atoms with Crippen LogP contribution in [0, 0.1) is 0 Å². The molecule has 1 aliphatic carbocycles. The van der Waals surface area contributed by atoms with Gasteiger partial charge in [0.1, 0.15) is 11.2 Å². The van der Waals surface area contributed by atoms with Gasteiger partial charge in [-0.15, -0.1) is 11.3 Å². The summed E-state index contributed by atoms with van der Waals surface area (Å²) in [7, 11) is 0. The summed E-state index contributed by atoms with van der Waals surface area (Å²) in [4.78, 5) is 2.50. The second kappa shape index (κ2) is 10.9. The van der Waals surface area contributed by atoms with E-state index in [9.17, 15) is 0 Å². The highest BCUT2D eigenvalue weighted by Gasteiger charge is 2.36. The number of para-hydroxylation sites is 1. The third-order valence-electron chi connectivity index (χ3n) is 11.2. The molecule has 8 aromatic carbocycles. The van der Waals surface area contributed by atoms with E-state index in [2.05, 4.69) is 183 Å². The third-order valence-corrected chi connectivity index (χ3v) is 12.5. The van der Waals surface area contributed by atoms with Crippen molar-refractivity contribution in [3.05, 3.63) is 175 Å². The molecule has 0 bridgehead atoms. The number of benzene rings is 8. The van der Waals surface area contributed by atoms with Gasteiger partial charge in [0.2, 0.25) is 0 Å². The van der Waals surface area contributed by atoms with Gasteiger partial charge < -0.3 is 9.32 Å². The zero-order chi connectivity index (χ0) is 34.6. The van der Waals surface area contributed by atoms with Crippen LogP contribution in [-0.4, -0.2) is 0 Å². The topological polar surface area (TPSA) is 16.4 Å². The molecule has 0 unspecified atom stereocenters. The Kier molecular flexibility index (Phi) is 6.21. The maximum absolute atomic E-state index is 6.58. The Hall–Kier alpha value is -6.16. The normalized spacial score (nSPS) is 13.3. The van der Waals surface area contributed by atoms with Crippen LogP contribution in [0.5, 0.6) is 0 Å². The molecule has 1 aliphatic rings. The number of anilines is 3. The van der Waals surface area contributed by atoms with E-state index < -0.39 is 0 Å². The van der Waals surface area contributed by atoms with Crippen LogP contribution in [0.1, 0.15) is 25.0 Å². The number of furan rings is 1. The highest BCUT2D eigenvalue weighted by molar-refractivity contribution is 7.26. The number of hydrogen-bond acceptors (Lipinski definition) is 3. The maximum Gasteiger partial charge on any atom is 0.136 e. The number of hydrogen-bond donors (Lipinski definition) is 0. The molecule has 0 saturated heterocycles. The van der Waals surface area contributed by atoms with E-state index >= 15 is 0 Å². The van der Waals surface area contributed by atoms with Gasteiger partial charge in [0.15, 0.2) is 0 Å². The summed E-state index contributed by atoms with van der Waals surface area (Å²) in [6.07, 6.45) is 0. The van der Waals surface area contributed by atoms with Gasteiger partial charge in [-0.05, 0) is 87.1 Å². The fourth-order valence-corrected chi connectivity index (χ4v) is 9.99. The standard InChI is InChI=1S/C49H33NOS/c1-49(2)40-20-8-5-15-33(40)34-26-25-32(29-41(34)49)50(43-22-11-19-38-36-17-7-10-24-46(36)52-48(38)43)42-21-9-6-16-35(42)37-18-12-23-44-47(37)39-27-30-13-3-4-14-31(30)28-45(39)51-44/h3-29H,1-2H3. The van der Waals surface area contributed by atoms with E-state index in [0.29, 0.717) is 0 Å². The maximum atomic E-state index is 6.58. The number of rotatable bonds is 4. The highest BCUT2D eigenvalue weighted by atomic mass is 32.1. The van der Waals surface area contributed by atoms with Crippen LogP contribution in [0.25, 0.3) is 75.1 Å². The van der Waals surface area contributed by atoms with Gasteiger partial charge in [0, 0.05) is 42.9 Å². The Bertz CT molecular complexity index is 3070. The lowest BCUT2D eigenvalue weighted by Gasteiger charge is -2.30. The van der Waals surface area contributed by atoms with Crippen LogP contribution < -0.4 is 4.90 Å². The van der Waals surface area contributed by atoms with Crippen molar-refractivity contribution in [2.24, 2.45) is 0 Å². The molecule has 10 aromatic rings. The highest BCUT2D eigenvalue weighted by Crippen LogP contribution is 2.53. The van der Waals surface area contributed by atoms with Crippen LogP contribution in [-0.2, 0) is 5.41 Å². The molecule has 0 fully saturated rings. The number of nitrogens with zero attached hydrogens (tertiary/aromatic N) is 1. The van der Waals surface area contributed by atoms with Crippen molar-refractivity contribution in [1.29, 1.82) is 0 Å². The lowest BCUT2D eigenvalue weighted by Crippen LogP contribution is -2.17. The summed E-state index contributed by atoms with van der Waals surface area (Å²) in [5.41, 5.74) is 12.8. The molecule has 0 spiro atoms. The van der Waals surface area contributed by atoms with Crippen LogP contribution in [0.4, 0.5) is 17.1 Å². The molecule has 0 radical (unpaired) electrons. The molecule has 0 N–H and O–H groups in total. The average Bonchev–Trinajstić information content (AvgIpc) is 3.82. The SMILES string of the molecule is CC1(C)c2ccccc2-c2ccc(N(c3ccccc3-c3cccc4oc5cc6ccccc6cc5c34)c3cccc4c3sc3ccccc34)cc21. The van der Waals surface area contributed by atoms with Crippen LogP contribution in [0.15, 0.2) is 168 Å². The first-order valence-electron chi connectivity index (χ1n) is 17.9. The first-order valence-corrected chi connectivity index (χ1v) is 18.7. The Balaban J connectivity index is 1.20. The number of thiophene rings is 1. The zero-order valence-corrected chi connectivity index (χ0v) is 29.7. The third kappa shape index (κ3) is 4.17. The van der Waals surface area contributed by atoms with E-state index in [1.54, 1.807) is 0 Å². The van der Waals surface area contributed by atoms with Gasteiger partial charge in [-0.25, -0.2) is 0 Å². The predicted molar refractivity (Wildman–Crippen MR) is 222 cm³/mol. The second-order valence-electron chi connectivity index (χ2n) is 14.5. The Morgan fingerprint density at radius 2 is 1.15 bits per heavy atom. The van der Waals surface area contributed by atoms with E-state index in [4.69, 9.17) is 4.42 Å². The minimum atomic E-state index is -0.124. The Labute approximate surface area is 305 Å². The van der Waals surface area contributed by atoms with Gasteiger partial charge in [-0.2, -0.15) is 0 Å². The van der Waals surface area contributed by atoms with Gasteiger partial charge in [0.25, 0.3) is 0 Å². The first kappa shape index (κ1) is 29.6. The van der Waals surface area contributed by atoms with E-state index in [0.717, 1.165) is 44.4 Å². The minimum Gasteiger partial charge on any atom is -0.456 e. The van der Waals surface area contributed by atoms with Gasteiger partial charge >= 0.3 is 0 Å². The molecule has 0 saturated carbocycles.